The van der Waals surface area contributed by atoms with E-state index in [1.807, 2.05) is 26.0 Å². The number of carbonyl (C=O) groups excluding carboxylic acids is 1. The summed E-state index contributed by atoms with van der Waals surface area (Å²) < 4.78 is 11.1. The Morgan fingerprint density at radius 3 is 2.74 bits per heavy atom. The Morgan fingerprint density at radius 1 is 1.19 bits per heavy atom. The highest BCUT2D eigenvalue weighted by Crippen LogP contribution is 2.26. The van der Waals surface area contributed by atoms with Gasteiger partial charge in [-0.25, -0.2) is 0 Å². The van der Waals surface area contributed by atoms with Gasteiger partial charge in [-0.2, -0.15) is 0 Å². The number of aromatic nitrogens is 4. The number of carbonyl (C=O) groups is 1. The number of nitrogens with zero attached hydrogens (tertiary/aromatic N) is 4. The van der Waals surface area contributed by atoms with E-state index in [1.165, 1.54) is 0 Å². The summed E-state index contributed by atoms with van der Waals surface area (Å²) in [5, 5.41) is 24.9. The summed E-state index contributed by atoms with van der Waals surface area (Å²) >= 11 is 0. The minimum absolute atomic E-state index is 0.178. The summed E-state index contributed by atoms with van der Waals surface area (Å²) in [5.74, 6) is 0.572. The maximum atomic E-state index is 12.4. The van der Waals surface area contributed by atoms with Gasteiger partial charge in [-0.15, -0.1) is 10.2 Å². The molecule has 1 saturated carbocycles. The van der Waals surface area contributed by atoms with Crippen LogP contribution >= 0.6 is 0 Å². The zero-order chi connectivity index (χ0) is 21.8. The van der Waals surface area contributed by atoms with Gasteiger partial charge in [0.2, 0.25) is 5.88 Å². The summed E-state index contributed by atoms with van der Waals surface area (Å²) in [6.45, 7) is 3.92. The third-order valence-electron chi connectivity index (χ3n) is 5.45. The van der Waals surface area contributed by atoms with E-state index < -0.39 is 6.10 Å². The lowest BCUT2D eigenvalue weighted by Gasteiger charge is -2.28. The molecule has 0 radical (unpaired) electrons. The molecule has 2 N–H and O–H groups in total. The molecule has 4 rings (SSSR count). The molecule has 9 heteroatoms. The fourth-order valence-electron chi connectivity index (χ4n) is 3.58. The molecule has 1 unspecified atom stereocenters. The molecule has 0 saturated heterocycles. The molecule has 1 aliphatic carbocycles. The average molecular weight is 423 g/mol. The van der Waals surface area contributed by atoms with Crippen LogP contribution in [-0.2, 0) is 6.61 Å². The van der Waals surface area contributed by atoms with Gasteiger partial charge in [-0.3, -0.25) is 9.78 Å². The van der Waals surface area contributed by atoms with Gasteiger partial charge >= 0.3 is 0 Å². The van der Waals surface area contributed by atoms with E-state index in [-0.39, 0.29) is 30.1 Å². The number of nitrogens with one attached hydrogen (secondary N) is 1. The molecule has 0 aromatic carbocycles. The van der Waals surface area contributed by atoms with Crippen molar-refractivity contribution >= 4 is 5.91 Å². The molecule has 3 heterocycles. The van der Waals surface area contributed by atoms with Crippen LogP contribution < -0.4 is 10.1 Å². The molecule has 3 aromatic heterocycles. The molecule has 9 nitrogen and oxygen atoms in total. The third kappa shape index (κ3) is 4.88. The van der Waals surface area contributed by atoms with Gasteiger partial charge in [0.15, 0.2) is 5.69 Å². The van der Waals surface area contributed by atoms with Gasteiger partial charge in [0.1, 0.15) is 18.1 Å². The van der Waals surface area contributed by atoms with Gasteiger partial charge in [-0.1, -0.05) is 18.0 Å². The highest BCUT2D eigenvalue weighted by Gasteiger charge is 2.25. The highest BCUT2D eigenvalue weighted by atomic mass is 16.5. The van der Waals surface area contributed by atoms with Crippen molar-refractivity contribution in [2.75, 3.05) is 0 Å². The van der Waals surface area contributed by atoms with Crippen LogP contribution in [-0.4, -0.2) is 43.5 Å². The Morgan fingerprint density at radius 2 is 2.03 bits per heavy atom. The molecule has 3 aromatic rings. The van der Waals surface area contributed by atoms with E-state index in [1.54, 1.807) is 18.3 Å². The second-order valence-electron chi connectivity index (χ2n) is 7.73. The van der Waals surface area contributed by atoms with Gasteiger partial charge in [0.25, 0.3) is 5.91 Å². The van der Waals surface area contributed by atoms with Crippen LogP contribution in [0.3, 0.4) is 0 Å². The first-order valence-electron chi connectivity index (χ1n) is 10.3. The number of hydrogen-bond acceptors (Lipinski definition) is 8. The first kappa shape index (κ1) is 20.9. The van der Waals surface area contributed by atoms with Gasteiger partial charge in [0, 0.05) is 23.5 Å². The van der Waals surface area contributed by atoms with Gasteiger partial charge < -0.3 is 19.7 Å². The number of aryl methyl sites for hydroxylation is 2. The van der Waals surface area contributed by atoms with Crippen LogP contribution in [0.1, 0.15) is 53.2 Å². The van der Waals surface area contributed by atoms with Crippen molar-refractivity contribution in [1.29, 1.82) is 0 Å². The SMILES string of the molecule is Cc1ccc(-c2noc(C)c2COc2ccc(C(=O)N[C@@H]3CCCCC3O)nn2)cn1. The summed E-state index contributed by atoms with van der Waals surface area (Å²) in [6.07, 6.45) is 4.66. The normalized spacial score (nSPS) is 18.5. The maximum absolute atomic E-state index is 12.4. The number of rotatable bonds is 6. The standard InChI is InChI=1S/C22H25N5O4/c1-13-7-8-15(11-23-13)21-16(14(2)31-27-21)12-30-20-10-9-18(25-26-20)22(29)24-17-5-3-4-6-19(17)28/h7-11,17,19,28H,3-6,12H2,1-2H3,(H,24,29)/t17-,19?/m1/s1. The van der Waals surface area contributed by atoms with Crippen molar-refractivity contribution in [2.24, 2.45) is 0 Å². The molecule has 162 valence electrons. The lowest BCUT2D eigenvalue weighted by Crippen LogP contribution is -2.45. The molecule has 0 spiro atoms. The minimum Gasteiger partial charge on any atom is -0.472 e. The molecule has 1 amide bonds. The molecule has 1 fully saturated rings. The number of pyridine rings is 1. The largest absolute Gasteiger partial charge is 0.472 e. The van der Waals surface area contributed by atoms with Crippen LogP contribution in [0.4, 0.5) is 0 Å². The third-order valence-corrected chi connectivity index (χ3v) is 5.45. The number of ether oxygens (including phenoxy) is 1. The minimum atomic E-state index is -0.516. The van der Waals surface area contributed by atoms with E-state index in [9.17, 15) is 9.90 Å². The second kappa shape index (κ2) is 9.22. The number of aliphatic hydroxyl groups is 1. The zero-order valence-corrected chi connectivity index (χ0v) is 17.5. The van der Waals surface area contributed by atoms with Crippen LogP contribution in [0.2, 0.25) is 0 Å². The summed E-state index contributed by atoms with van der Waals surface area (Å²) in [4.78, 5) is 16.7. The molecule has 1 aliphatic rings. The van der Waals surface area contributed by atoms with Crippen LogP contribution in [0, 0.1) is 13.8 Å². The quantitative estimate of drug-likeness (QED) is 0.620. The van der Waals surface area contributed by atoms with Gasteiger partial charge in [0.05, 0.1) is 17.7 Å². The summed E-state index contributed by atoms with van der Waals surface area (Å²) in [6, 6.07) is 6.74. The lowest BCUT2D eigenvalue weighted by molar-refractivity contribution is 0.0713. The van der Waals surface area contributed by atoms with Crippen molar-refractivity contribution < 1.29 is 19.2 Å². The second-order valence-corrected chi connectivity index (χ2v) is 7.73. The Kier molecular flexibility index (Phi) is 6.22. The van der Waals surface area contributed by atoms with Crippen molar-refractivity contribution in [3.63, 3.8) is 0 Å². The highest BCUT2D eigenvalue weighted by molar-refractivity contribution is 5.92. The first-order valence-corrected chi connectivity index (χ1v) is 10.3. The van der Waals surface area contributed by atoms with E-state index in [4.69, 9.17) is 9.26 Å². The van der Waals surface area contributed by atoms with E-state index >= 15 is 0 Å². The molecule has 2 atom stereocenters. The monoisotopic (exact) mass is 423 g/mol. The Hall–Kier alpha value is -3.33. The predicted molar refractivity (Wildman–Crippen MR) is 111 cm³/mol. The van der Waals surface area contributed by atoms with E-state index in [0.29, 0.717) is 17.9 Å². The van der Waals surface area contributed by atoms with Crippen molar-refractivity contribution in [3.8, 4) is 17.1 Å². The number of amides is 1. The van der Waals surface area contributed by atoms with Crippen molar-refractivity contribution in [1.82, 2.24) is 25.7 Å². The maximum Gasteiger partial charge on any atom is 0.272 e. The summed E-state index contributed by atoms with van der Waals surface area (Å²) in [7, 11) is 0. The number of aliphatic hydroxyl groups excluding tert-OH is 1. The molecule has 31 heavy (non-hydrogen) atoms. The Labute approximate surface area is 179 Å². The topological polar surface area (TPSA) is 123 Å². The molecular weight excluding hydrogens is 398 g/mol. The van der Waals surface area contributed by atoms with Crippen LogP contribution in [0.25, 0.3) is 11.3 Å². The Bertz CT molecular complexity index is 1030. The van der Waals surface area contributed by atoms with Gasteiger partial charge in [-0.05, 0) is 44.9 Å². The molecular formula is C22H25N5O4. The summed E-state index contributed by atoms with van der Waals surface area (Å²) in [5.41, 5.74) is 3.39. The smallest absolute Gasteiger partial charge is 0.272 e. The lowest BCUT2D eigenvalue weighted by atomic mass is 9.92. The predicted octanol–water partition coefficient (Wildman–Crippen LogP) is 2.76. The Balaban J connectivity index is 1.39. The van der Waals surface area contributed by atoms with Crippen molar-refractivity contribution in [2.45, 2.75) is 58.3 Å². The molecule has 0 bridgehead atoms. The van der Waals surface area contributed by atoms with Crippen molar-refractivity contribution in [3.05, 3.63) is 53.2 Å². The van der Waals surface area contributed by atoms with Crippen LogP contribution in [0.5, 0.6) is 5.88 Å². The fraction of sp³-hybridized carbons (Fsp3) is 0.409. The van der Waals surface area contributed by atoms with E-state index in [2.05, 4.69) is 25.7 Å². The first-order chi connectivity index (χ1) is 15.0. The van der Waals surface area contributed by atoms with Crippen LogP contribution in [0.15, 0.2) is 35.0 Å². The zero-order valence-electron chi connectivity index (χ0n) is 17.5. The average Bonchev–Trinajstić information content (AvgIpc) is 3.15. The van der Waals surface area contributed by atoms with E-state index in [0.717, 1.165) is 36.1 Å². The number of hydrogen-bond donors (Lipinski definition) is 2. The molecule has 0 aliphatic heterocycles. The fourth-order valence-corrected chi connectivity index (χ4v) is 3.58.